The van der Waals surface area contributed by atoms with E-state index in [-0.39, 0.29) is 23.2 Å². The Bertz CT molecular complexity index is 1030. The number of carbonyl (C=O) groups is 1. The van der Waals surface area contributed by atoms with Crippen LogP contribution in [0.5, 0.6) is 0 Å². The molecule has 4 heterocycles. The van der Waals surface area contributed by atoms with Gasteiger partial charge in [0.05, 0.1) is 11.7 Å². The maximum atomic E-state index is 13.4. The van der Waals surface area contributed by atoms with Crippen LogP contribution in [0.2, 0.25) is 0 Å². The van der Waals surface area contributed by atoms with E-state index in [0.717, 1.165) is 80.8 Å². The smallest absolute Gasteiger partial charge is 0.251 e. The number of carbonyl (C=O) groups excluding carboxylic acids is 1. The minimum atomic E-state index is -0.971. The van der Waals surface area contributed by atoms with Crippen LogP contribution in [0.25, 0.3) is 5.65 Å². The molecule has 2 aromatic rings. The summed E-state index contributed by atoms with van der Waals surface area (Å²) in [5, 5.41) is 16.0. The van der Waals surface area contributed by atoms with E-state index in [1.165, 1.54) is 6.42 Å². The zero-order valence-corrected chi connectivity index (χ0v) is 21.0. The first-order chi connectivity index (χ1) is 16.4. The van der Waals surface area contributed by atoms with Gasteiger partial charge in [-0.15, -0.1) is 0 Å². The molecular formula is C25H38N6O2S. The van der Waals surface area contributed by atoms with Crippen molar-refractivity contribution < 1.29 is 9.90 Å². The van der Waals surface area contributed by atoms with Crippen LogP contribution in [-0.2, 0) is 4.79 Å². The van der Waals surface area contributed by atoms with E-state index in [0.29, 0.717) is 18.9 Å². The third-order valence-electron chi connectivity index (χ3n) is 7.96. The number of rotatable bonds is 5. The molecule has 2 saturated heterocycles. The van der Waals surface area contributed by atoms with Crippen molar-refractivity contribution in [3.63, 3.8) is 0 Å². The van der Waals surface area contributed by atoms with Crippen molar-refractivity contribution in [1.82, 2.24) is 19.5 Å². The van der Waals surface area contributed by atoms with Crippen LogP contribution < -0.4 is 10.6 Å². The molecule has 186 valence electrons. The number of hydrogen-bond donors (Lipinski definition) is 3. The summed E-state index contributed by atoms with van der Waals surface area (Å²) in [6.45, 7) is 4.46. The van der Waals surface area contributed by atoms with Crippen LogP contribution in [-0.4, -0.2) is 67.5 Å². The van der Waals surface area contributed by atoms with Crippen molar-refractivity contribution in [2.75, 3.05) is 24.5 Å². The molecule has 8 nitrogen and oxygen atoms in total. The fourth-order valence-electron chi connectivity index (χ4n) is 6.03. The van der Waals surface area contributed by atoms with Gasteiger partial charge in [0.1, 0.15) is 11.9 Å². The van der Waals surface area contributed by atoms with Gasteiger partial charge in [0.2, 0.25) is 0 Å². The van der Waals surface area contributed by atoms with Crippen LogP contribution in [0.4, 0.5) is 5.82 Å². The van der Waals surface area contributed by atoms with Gasteiger partial charge in [-0.25, -0.2) is 9.50 Å². The highest BCUT2D eigenvalue weighted by atomic mass is 32.1. The number of anilines is 1. The average Bonchev–Trinajstić information content (AvgIpc) is 3.45. The van der Waals surface area contributed by atoms with Crippen LogP contribution in [0.15, 0.2) is 12.3 Å². The van der Waals surface area contributed by atoms with Gasteiger partial charge in [-0.05, 0) is 57.8 Å². The van der Waals surface area contributed by atoms with Crippen LogP contribution >= 0.6 is 12.6 Å². The van der Waals surface area contributed by atoms with E-state index < -0.39 is 6.10 Å². The first kappa shape index (κ1) is 23.9. The summed E-state index contributed by atoms with van der Waals surface area (Å²) in [5.41, 5.74) is 8.82. The third kappa shape index (κ3) is 4.79. The van der Waals surface area contributed by atoms with E-state index in [2.05, 4.69) is 11.8 Å². The second-order valence-electron chi connectivity index (χ2n) is 10.5. The zero-order chi connectivity index (χ0) is 23.8. The number of hydrogen-bond acceptors (Lipinski definition) is 7. The van der Waals surface area contributed by atoms with Gasteiger partial charge >= 0.3 is 0 Å². The largest absolute Gasteiger partial charge is 0.383 e. The van der Waals surface area contributed by atoms with Gasteiger partial charge in [-0.2, -0.15) is 17.7 Å². The number of nitrogens with two attached hydrogens (primary N) is 1. The zero-order valence-electron chi connectivity index (χ0n) is 20.1. The molecule has 2 aromatic heterocycles. The average molecular weight is 487 g/mol. The summed E-state index contributed by atoms with van der Waals surface area (Å²) in [7, 11) is 0. The van der Waals surface area contributed by atoms with Gasteiger partial charge in [-0.3, -0.25) is 4.79 Å². The Morgan fingerprint density at radius 2 is 2.00 bits per heavy atom. The summed E-state index contributed by atoms with van der Waals surface area (Å²) in [6.07, 6.45) is 9.85. The van der Waals surface area contributed by atoms with Gasteiger partial charge in [0, 0.05) is 48.8 Å². The Morgan fingerprint density at radius 1 is 1.21 bits per heavy atom. The summed E-state index contributed by atoms with van der Waals surface area (Å²) in [4.78, 5) is 22.4. The Kier molecular flexibility index (Phi) is 7.04. The maximum absolute atomic E-state index is 13.4. The minimum absolute atomic E-state index is 0.125. The standard InChI is InChI=1S/C25H38N6O2S/c1-16-14-31-23(27-24(16)29-11-9-18(26)15-29)13-19(28-31)20-7-4-5-10-30(20)25(33)21(32)12-17-6-2-3-8-22(17)34/h13-14,17-18,20-22,32,34H,2-12,15,26H2,1H3/t17?,18-,20-,21?,22?/m0/s1. The van der Waals surface area contributed by atoms with Gasteiger partial charge in [-0.1, -0.05) is 12.8 Å². The second kappa shape index (κ2) is 10.0. The summed E-state index contributed by atoms with van der Waals surface area (Å²) < 4.78 is 1.82. The number of thiol groups is 1. The fourth-order valence-corrected chi connectivity index (χ4v) is 6.48. The SMILES string of the molecule is Cc1cn2nc([C@@H]3CCCCN3C(=O)C(O)CC3CCCCC3S)cc2nc1N1CC[C@H](N)C1. The van der Waals surface area contributed by atoms with Crippen LogP contribution in [0.3, 0.4) is 0 Å². The first-order valence-electron chi connectivity index (χ1n) is 12.9. The number of likely N-dealkylation sites (tertiary alicyclic amines) is 1. The fraction of sp³-hybridized carbons (Fsp3) is 0.720. The summed E-state index contributed by atoms with van der Waals surface area (Å²) in [6, 6.07) is 2.07. The quantitative estimate of drug-likeness (QED) is 0.562. The van der Waals surface area contributed by atoms with Crippen molar-refractivity contribution in [3.05, 3.63) is 23.5 Å². The lowest BCUT2D eigenvalue weighted by Crippen LogP contribution is -2.45. The number of nitrogens with zero attached hydrogens (tertiary/aromatic N) is 5. The number of aromatic nitrogens is 3. The Hall–Kier alpha value is -1.84. The number of fused-ring (bicyclic) bond motifs is 1. The van der Waals surface area contributed by atoms with Crippen molar-refractivity contribution in [3.8, 4) is 0 Å². The summed E-state index contributed by atoms with van der Waals surface area (Å²) >= 11 is 4.72. The predicted molar refractivity (Wildman–Crippen MR) is 136 cm³/mol. The molecule has 2 aliphatic heterocycles. The van der Waals surface area contributed by atoms with E-state index in [4.69, 9.17) is 28.4 Å². The topological polar surface area (TPSA) is 100.0 Å². The van der Waals surface area contributed by atoms with Gasteiger partial charge < -0.3 is 20.6 Å². The molecule has 1 saturated carbocycles. The second-order valence-corrected chi connectivity index (χ2v) is 11.2. The number of aryl methyl sites for hydroxylation is 1. The number of aliphatic hydroxyl groups is 1. The highest BCUT2D eigenvalue weighted by Crippen LogP contribution is 2.35. The Labute approximate surface area is 207 Å². The lowest BCUT2D eigenvalue weighted by atomic mass is 9.84. The van der Waals surface area contributed by atoms with Crippen molar-refractivity contribution in [2.45, 2.75) is 88.1 Å². The minimum Gasteiger partial charge on any atom is -0.383 e. The third-order valence-corrected chi connectivity index (χ3v) is 8.64. The van der Waals surface area contributed by atoms with Crippen LogP contribution in [0, 0.1) is 12.8 Å². The maximum Gasteiger partial charge on any atom is 0.251 e. The van der Waals surface area contributed by atoms with E-state index >= 15 is 0 Å². The molecule has 0 bridgehead atoms. The molecule has 5 atom stereocenters. The normalized spacial score (nSPS) is 29.1. The monoisotopic (exact) mass is 486 g/mol. The molecule has 3 unspecified atom stereocenters. The molecule has 34 heavy (non-hydrogen) atoms. The lowest BCUT2D eigenvalue weighted by Gasteiger charge is -2.37. The first-order valence-corrected chi connectivity index (χ1v) is 13.5. The molecule has 0 radical (unpaired) electrons. The molecule has 5 rings (SSSR count). The molecule has 3 fully saturated rings. The summed E-state index contributed by atoms with van der Waals surface area (Å²) in [5.74, 6) is 1.11. The van der Waals surface area contributed by atoms with Crippen molar-refractivity contribution in [1.29, 1.82) is 0 Å². The molecule has 3 N–H and O–H groups in total. The van der Waals surface area contributed by atoms with E-state index in [1.807, 2.05) is 21.7 Å². The number of amides is 1. The Balaban J connectivity index is 1.35. The van der Waals surface area contributed by atoms with Crippen molar-refractivity contribution in [2.24, 2.45) is 11.7 Å². The number of piperidine rings is 1. The van der Waals surface area contributed by atoms with E-state index in [1.54, 1.807) is 0 Å². The molecular weight excluding hydrogens is 448 g/mol. The molecule has 1 aliphatic carbocycles. The highest BCUT2D eigenvalue weighted by Gasteiger charge is 2.35. The van der Waals surface area contributed by atoms with Crippen molar-refractivity contribution >= 4 is 30.0 Å². The van der Waals surface area contributed by atoms with Crippen LogP contribution in [0.1, 0.15) is 75.1 Å². The Morgan fingerprint density at radius 3 is 2.76 bits per heavy atom. The van der Waals surface area contributed by atoms with Gasteiger partial charge in [0.25, 0.3) is 5.91 Å². The molecule has 0 aromatic carbocycles. The molecule has 0 spiro atoms. The molecule has 3 aliphatic rings. The van der Waals surface area contributed by atoms with E-state index in [9.17, 15) is 9.90 Å². The predicted octanol–water partition coefficient (Wildman–Crippen LogP) is 2.87. The molecule has 9 heteroatoms. The lowest BCUT2D eigenvalue weighted by molar-refractivity contribution is -0.145. The highest BCUT2D eigenvalue weighted by molar-refractivity contribution is 7.81. The number of aliphatic hydroxyl groups excluding tert-OH is 1. The molecule has 1 amide bonds. The van der Waals surface area contributed by atoms with Gasteiger partial charge in [0.15, 0.2) is 5.65 Å².